The van der Waals surface area contributed by atoms with E-state index in [-0.39, 0.29) is 0 Å². The van der Waals surface area contributed by atoms with Gasteiger partial charge in [0.1, 0.15) is 11.9 Å². The third-order valence-electron chi connectivity index (χ3n) is 5.07. The Morgan fingerprint density at radius 1 is 1.24 bits per heavy atom. The zero-order valence-corrected chi connectivity index (χ0v) is 13.5. The van der Waals surface area contributed by atoms with Crippen LogP contribution in [0.3, 0.4) is 0 Å². The molecule has 0 bridgehead atoms. The second kappa shape index (κ2) is 6.83. The van der Waals surface area contributed by atoms with Gasteiger partial charge >= 0.3 is 0 Å². The molecule has 1 aromatic rings. The number of hydrogen-bond donors (Lipinski definition) is 1. The molecule has 0 radical (unpaired) electrons. The van der Waals surface area contributed by atoms with E-state index >= 15 is 0 Å². The van der Waals surface area contributed by atoms with Crippen LogP contribution in [0.4, 0.5) is 0 Å². The fourth-order valence-electron chi connectivity index (χ4n) is 4.00. The van der Waals surface area contributed by atoms with E-state index in [1.54, 1.807) is 0 Å². The molecule has 1 aliphatic heterocycles. The summed E-state index contributed by atoms with van der Waals surface area (Å²) in [4.78, 5) is 0. The van der Waals surface area contributed by atoms with E-state index < -0.39 is 0 Å². The summed E-state index contributed by atoms with van der Waals surface area (Å²) in [5, 5.41) is 3.71. The van der Waals surface area contributed by atoms with Crippen LogP contribution in [0.1, 0.15) is 69.5 Å². The lowest BCUT2D eigenvalue weighted by Gasteiger charge is -2.27. The van der Waals surface area contributed by atoms with Crippen molar-refractivity contribution in [1.82, 2.24) is 5.32 Å². The second-order valence-electron chi connectivity index (χ2n) is 6.85. The molecule has 1 fully saturated rings. The summed E-state index contributed by atoms with van der Waals surface area (Å²) in [5.74, 6) is 2.00. The molecule has 2 atom stereocenters. The van der Waals surface area contributed by atoms with E-state index in [0.717, 1.165) is 24.6 Å². The number of hydrogen-bond acceptors (Lipinski definition) is 2. The van der Waals surface area contributed by atoms with Gasteiger partial charge in [-0.3, -0.25) is 0 Å². The van der Waals surface area contributed by atoms with Crippen LogP contribution < -0.4 is 10.1 Å². The predicted molar refractivity (Wildman–Crippen MR) is 87.8 cm³/mol. The standard InChI is InChI=1S/C19H29NO/c1-3-20-18(12-15-7-5-4-6-8-15)16-9-10-19-17(13-16)11-14(2)21-19/h9-10,13-15,18,20H,3-8,11-12H2,1-2H3. The Morgan fingerprint density at radius 3 is 2.81 bits per heavy atom. The summed E-state index contributed by atoms with van der Waals surface area (Å²) in [5.41, 5.74) is 2.85. The minimum absolute atomic E-state index is 0.339. The molecule has 0 amide bonds. The van der Waals surface area contributed by atoms with Gasteiger partial charge in [-0.15, -0.1) is 0 Å². The van der Waals surface area contributed by atoms with Crippen LogP contribution in [0, 0.1) is 5.92 Å². The number of nitrogens with one attached hydrogen (secondary N) is 1. The highest BCUT2D eigenvalue weighted by molar-refractivity contribution is 5.41. The first kappa shape index (κ1) is 14.9. The molecular formula is C19H29NO. The van der Waals surface area contributed by atoms with Gasteiger partial charge in [0.25, 0.3) is 0 Å². The van der Waals surface area contributed by atoms with Crippen molar-refractivity contribution in [3.05, 3.63) is 29.3 Å². The highest BCUT2D eigenvalue weighted by Gasteiger charge is 2.23. The topological polar surface area (TPSA) is 21.3 Å². The van der Waals surface area contributed by atoms with Crippen LogP contribution in [0.25, 0.3) is 0 Å². The van der Waals surface area contributed by atoms with Gasteiger partial charge in [-0.2, -0.15) is 0 Å². The van der Waals surface area contributed by atoms with E-state index in [2.05, 4.69) is 37.4 Å². The Morgan fingerprint density at radius 2 is 2.05 bits per heavy atom. The predicted octanol–water partition coefficient (Wildman–Crippen LogP) is 4.63. The fraction of sp³-hybridized carbons (Fsp3) is 0.684. The summed E-state index contributed by atoms with van der Waals surface area (Å²) in [7, 11) is 0. The molecule has 2 nitrogen and oxygen atoms in total. The van der Waals surface area contributed by atoms with Crippen LogP contribution in [0.5, 0.6) is 5.75 Å². The van der Waals surface area contributed by atoms with Crippen molar-refractivity contribution >= 4 is 0 Å². The van der Waals surface area contributed by atoms with E-state index in [9.17, 15) is 0 Å². The van der Waals surface area contributed by atoms with E-state index in [4.69, 9.17) is 4.74 Å². The molecule has 1 aliphatic carbocycles. The third kappa shape index (κ3) is 3.60. The molecule has 2 aliphatic rings. The highest BCUT2D eigenvalue weighted by Crippen LogP contribution is 2.35. The number of fused-ring (bicyclic) bond motifs is 1. The minimum atomic E-state index is 0.339. The lowest BCUT2D eigenvalue weighted by molar-refractivity contribution is 0.254. The number of benzene rings is 1. The Bertz CT molecular complexity index is 465. The van der Waals surface area contributed by atoms with Crippen molar-refractivity contribution in [2.75, 3.05) is 6.54 Å². The third-order valence-corrected chi connectivity index (χ3v) is 5.07. The molecule has 116 valence electrons. The van der Waals surface area contributed by atoms with Gasteiger partial charge in [-0.05, 0) is 43.0 Å². The van der Waals surface area contributed by atoms with Crippen molar-refractivity contribution in [3.63, 3.8) is 0 Å². The zero-order valence-electron chi connectivity index (χ0n) is 13.5. The molecule has 2 heteroatoms. The van der Waals surface area contributed by atoms with E-state index in [1.807, 2.05) is 0 Å². The highest BCUT2D eigenvalue weighted by atomic mass is 16.5. The maximum Gasteiger partial charge on any atom is 0.123 e. The molecule has 1 saturated carbocycles. The molecule has 0 aromatic heterocycles. The largest absolute Gasteiger partial charge is 0.490 e. The lowest BCUT2D eigenvalue weighted by atomic mass is 9.83. The van der Waals surface area contributed by atoms with Crippen LogP contribution in [0.15, 0.2) is 18.2 Å². The van der Waals surface area contributed by atoms with E-state index in [1.165, 1.54) is 49.7 Å². The molecule has 3 rings (SSSR count). The molecule has 1 heterocycles. The first-order valence-electron chi connectivity index (χ1n) is 8.79. The molecular weight excluding hydrogens is 258 g/mol. The average Bonchev–Trinajstić information content (AvgIpc) is 2.87. The maximum atomic E-state index is 5.83. The average molecular weight is 287 g/mol. The first-order chi connectivity index (χ1) is 10.3. The normalized spacial score (nSPS) is 23.6. The Kier molecular flexibility index (Phi) is 4.84. The molecule has 1 aromatic carbocycles. The van der Waals surface area contributed by atoms with Gasteiger partial charge in [0.15, 0.2) is 0 Å². The fourth-order valence-corrected chi connectivity index (χ4v) is 4.00. The number of rotatable bonds is 5. The van der Waals surface area contributed by atoms with E-state index in [0.29, 0.717) is 12.1 Å². The summed E-state index contributed by atoms with van der Waals surface area (Å²) >= 11 is 0. The summed E-state index contributed by atoms with van der Waals surface area (Å²) in [6.07, 6.45) is 9.84. The SMILES string of the molecule is CCNC(CC1CCCCC1)c1ccc2c(c1)CC(C)O2. The van der Waals surface area contributed by atoms with Gasteiger partial charge in [0.2, 0.25) is 0 Å². The van der Waals surface area contributed by atoms with Gasteiger partial charge in [0, 0.05) is 12.5 Å². The molecule has 2 unspecified atom stereocenters. The lowest BCUT2D eigenvalue weighted by Crippen LogP contribution is -2.24. The number of ether oxygens (including phenoxy) is 1. The van der Waals surface area contributed by atoms with Crippen molar-refractivity contribution in [3.8, 4) is 5.75 Å². The van der Waals surface area contributed by atoms with Crippen molar-refractivity contribution < 1.29 is 4.74 Å². The van der Waals surface area contributed by atoms with Gasteiger partial charge in [-0.1, -0.05) is 51.2 Å². The van der Waals surface area contributed by atoms with Gasteiger partial charge < -0.3 is 10.1 Å². The smallest absolute Gasteiger partial charge is 0.123 e. The Labute approximate surface area is 129 Å². The summed E-state index contributed by atoms with van der Waals surface area (Å²) in [6, 6.07) is 7.35. The maximum absolute atomic E-state index is 5.83. The quantitative estimate of drug-likeness (QED) is 0.852. The molecule has 21 heavy (non-hydrogen) atoms. The van der Waals surface area contributed by atoms with Gasteiger partial charge in [0.05, 0.1) is 0 Å². The summed E-state index contributed by atoms with van der Waals surface area (Å²) < 4.78 is 5.83. The van der Waals surface area contributed by atoms with Crippen LogP contribution in [0.2, 0.25) is 0 Å². The Balaban J connectivity index is 1.72. The second-order valence-corrected chi connectivity index (χ2v) is 6.85. The van der Waals surface area contributed by atoms with Crippen molar-refractivity contribution in [2.45, 2.75) is 70.9 Å². The zero-order chi connectivity index (χ0) is 14.7. The van der Waals surface area contributed by atoms with Crippen LogP contribution in [-0.2, 0) is 6.42 Å². The summed E-state index contributed by atoms with van der Waals surface area (Å²) in [6.45, 7) is 5.41. The minimum Gasteiger partial charge on any atom is -0.490 e. The Hall–Kier alpha value is -1.02. The molecule has 0 spiro atoms. The molecule has 0 saturated heterocycles. The van der Waals surface area contributed by atoms with Gasteiger partial charge in [-0.25, -0.2) is 0 Å². The van der Waals surface area contributed by atoms with Crippen molar-refractivity contribution in [1.29, 1.82) is 0 Å². The van der Waals surface area contributed by atoms with Crippen LogP contribution in [-0.4, -0.2) is 12.6 Å². The first-order valence-corrected chi connectivity index (χ1v) is 8.79. The van der Waals surface area contributed by atoms with Crippen molar-refractivity contribution in [2.24, 2.45) is 5.92 Å². The molecule has 1 N–H and O–H groups in total. The van der Waals surface area contributed by atoms with Crippen LogP contribution >= 0.6 is 0 Å². The monoisotopic (exact) mass is 287 g/mol.